The molecular weight excluding hydrogens is 468 g/mol. The normalized spacial score (nSPS) is 10.4. The van der Waals surface area contributed by atoms with Crippen molar-refractivity contribution in [2.45, 2.75) is 6.92 Å². The Labute approximate surface area is 215 Å². The molecule has 0 bridgehead atoms. The number of hydrogen-bond acceptors (Lipinski definition) is 6. The highest BCUT2D eigenvalue weighted by molar-refractivity contribution is 6.05. The maximum absolute atomic E-state index is 12.6. The molecule has 4 aromatic rings. The van der Waals surface area contributed by atoms with E-state index in [1.54, 1.807) is 30.3 Å². The second kappa shape index (κ2) is 12.9. The lowest BCUT2D eigenvalue weighted by molar-refractivity contribution is -0.111. The number of rotatable bonds is 10. The number of hydrogen-bond donors (Lipinski definition) is 2. The molecule has 4 rings (SSSR count). The third-order valence-corrected chi connectivity index (χ3v) is 5.27. The van der Waals surface area contributed by atoms with Crippen molar-refractivity contribution in [1.82, 2.24) is 9.97 Å². The first-order valence-corrected chi connectivity index (χ1v) is 11.9. The minimum absolute atomic E-state index is 0.297. The fourth-order valence-corrected chi connectivity index (χ4v) is 3.50. The average molecular weight is 495 g/mol. The van der Waals surface area contributed by atoms with E-state index < -0.39 is 5.91 Å². The van der Waals surface area contributed by atoms with Crippen molar-refractivity contribution < 1.29 is 19.0 Å². The van der Waals surface area contributed by atoms with Crippen molar-refractivity contribution in [1.29, 1.82) is 5.26 Å². The predicted octanol–water partition coefficient (Wildman–Crippen LogP) is 4.52. The number of anilines is 1. The fourth-order valence-electron chi connectivity index (χ4n) is 3.50. The van der Waals surface area contributed by atoms with Crippen LogP contribution in [0.4, 0.5) is 5.69 Å². The topological polar surface area (TPSA) is 109 Å². The van der Waals surface area contributed by atoms with Gasteiger partial charge >= 0.3 is 5.91 Å². The number of nitrogens with zero attached hydrogens (tertiary/aromatic N) is 2. The molecule has 37 heavy (non-hydrogen) atoms. The summed E-state index contributed by atoms with van der Waals surface area (Å²) in [5.41, 5.74) is 3.96. The van der Waals surface area contributed by atoms with Crippen molar-refractivity contribution in [3.63, 3.8) is 0 Å². The minimum Gasteiger partial charge on any atom is -0.489 e. The van der Waals surface area contributed by atoms with Crippen molar-refractivity contribution in [2.24, 2.45) is 0 Å². The number of H-pyrrole nitrogens is 1. The van der Waals surface area contributed by atoms with E-state index in [0.29, 0.717) is 55.9 Å². The number of fused-ring (bicyclic) bond motifs is 1. The quantitative estimate of drug-likeness (QED) is 0.248. The zero-order valence-corrected chi connectivity index (χ0v) is 20.4. The minimum atomic E-state index is -0.470. The molecule has 0 saturated heterocycles. The van der Waals surface area contributed by atoms with Crippen LogP contribution in [0.25, 0.3) is 22.4 Å². The van der Waals surface area contributed by atoms with Crippen molar-refractivity contribution in [3.05, 3.63) is 77.9 Å². The summed E-state index contributed by atoms with van der Waals surface area (Å²) in [7, 11) is 0. The number of amides is 1. The first-order chi connectivity index (χ1) is 18.2. The standard InChI is InChI=1S/C29H26N4O4/c1-2-35-14-15-36-16-17-37-27-12-10-23(29-32-24-11-8-22(20-30)18-25(24)33-29)19-26(27)31-28(34)13-9-21-6-4-3-5-7-21/h3-8,10-12,18-19H,2,14-17H2,1H3,(H,31,34)(H,32,33). The van der Waals surface area contributed by atoms with Gasteiger partial charge in [-0.2, -0.15) is 5.26 Å². The van der Waals surface area contributed by atoms with Gasteiger partial charge in [0, 0.05) is 23.7 Å². The lowest BCUT2D eigenvalue weighted by Crippen LogP contribution is -2.13. The zero-order valence-electron chi connectivity index (χ0n) is 20.4. The van der Waals surface area contributed by atoms with Crippen molar-refractivity contribution in [2.75, 3.05) is 38.4 Å². The number of benzene rings is 3. The first-order valence-electron chi connectivity index (χ1n) is 11.9. The van der Waals surface area contributed by atoms with Gasteiger partial charge in [-0.3, -0.25) is 4.79 Å². The molecule has 0 aliphatic carbocycles. The van der Waals surface area contributed by atoms with Crippen LogP contribution in [0.1, 0.15) is 18.1 Å². The highest BCUT2D eigenvalue weighted by atomic mass is 16.5. The molecular formula is C29H26N4O4. The maximum atomic E-state index is 12.6. The highest BCUT2D eigenvalue weighted by Gasteiger charge is 2.12. The molecule has 8 nitrogen and oxygen atoms in total. The molecule has 186 valence electrons. The van der Waals surface area contributed by atoms with Gasteiger partial charge in [-0.1, -0.05) is 24.1 Å². The van der Waals surface area contributed by atoms with E-state index in [-0.39, 0.29) is 0 Å². The van der Waals surface area contributed by atoms with Gasteiger partial charge in [-0.25, -0.2) is 4.98 Å². The summed E-state index contributed by atoms with van der Waals surface area (Å²) in [5.74, 6) is 6.08. The summed E-state index contributed by atoms with van der Waals surface area (Å²) in [4.78, 5) is 20.5. The van der Waals surface area contributed by atoms with E-state index in [4.69, 9.17) is 19.5 Å². The fraction of sp³-hybridized carbons (Fsp3) is 0.207. The number of imidazole rings is 1. The lowest BCUT2D eigenvalue weighted by Gasteiger charge is -2.13. The van der Waals surface area contributed by atoms with Crippen LogP contribution in [0.3, 0.4) is 0 Å². The van der Waals surface area contributed by atoms with Gasteiger partial charge < -0.3 is 24.5 Å². The molecule has 1 amide bonds. The molecule has 0 saturated carbocycles. The second-order valence-corrected chi connectivity index (χ2v) is 7.87. The van der Waals surface area contributed by atoms with Gasteiger partial charge in [0.1, 0.15) is 18.2 Å². The Morgan fingerprint density at radius 3 is 2.59 bits per heavy atom. The summed E-state index contributed by atoms with van der Waals surface area (Å²) < 4.78 is 16.7. The summed E-state index contributed by atoms with van der Waals surface area (Å²) in [6, 6.07) is 22.1. The maximum Gasteiger partial charge on any atom is 0.300 e. The number of ether oxygens (including phenoxy) is 3. The Morgan fingerprint density at radius 1 is 0.973 bits per heavy atom. The van der Waals surface area contributed by atoms with Crippen LogP contribution < -0.4 is 10.1 Å². The van der Waals surface area contributed by atoms with Gasteiger partial charge in [-0.05, 0) is 55.5 Å². The largest absolute Gasteiger partial charge is 0.489 e. The summed E-state index contributed by atoms with van der Waals surface area (Å²) >= 11 is 0. The smallest absolute Gasteiger partial charge is 0.300 e. The van der Waals surface area contributed by atoms with E-state index in [2.05, 4.69) is 33.2 Å². The van der Waals surface area contributed by atoms with Crippen LogP contribution in [0, 0.1) is 23.2 Å². The molecule has 0 aliphatic heterocycles. The molecule has 0 spiro atoms. The summed E-state index contributed by atoms with van der Waals surface area (Å²) in [6.45, 7) is 4.26. The van der Waals surface area contributed by atoms with Gasteiger partial charge in [0.05, 0.1) is 48.2 Å². The van der Waals surface area contributed by atoms with Crippen molar-refractivity contribution >= 4 is 22.6 Å². The number of nitriles is 1. The van der Waals surface area contributed by atoms with Gasteiger partial charge in [0.25, 0.3) is 0 Å². The Morgan fingerprint density at radius 2 is 1.78 bits per heavy atom. The Hall–Kier alpha value is -4.63. The summed E-state index contributed by atoms with van der Waals surface area (Å²) in [6.07, 6.45) is 0. The van der Waals surface area contributed by atoms with Crippen LogP contribution in [0.2, 0.25) is 0 Å². The van der Waals surface area contributed by atoms with E-state index in [1.807, 2.05) is 43.3 Å². The number of carbonyl (C=O) groups is 1. The molecule has 1 aromatic heterocycles. The Balaban J connectivity index is 1.53. The summed E-state index contributed by atoms with van der Waals surface area (Å²) in [5, 5.41) is 12.0. The van der Waals surface area contributed by atoms with Gasteiger partial charge in [-0.15, -0.1) is 0 Å². The average Bonchev–Trinajstić information content (AvgIpc) is 3.36. The molecule has 0 unspecified atom stereocenters. The van der Waals surface area contributed by atoms with Crippen molar-refractivity contribution in [3.8, 4) is 35.0 Å². The second-order valence-electron chi connectivity index (χ2n) is 7.87. The molecule has 8 heteroatoms. The lowest BCUT2D eigenvalue weighted by atomic mass is 10.1. The number of aromatic amines is 1. The molecule has 0 aliphatic rings. The number of aromatic nitrogens is 2. The molecule has 3 aromatic carbocycles. The van der Waals surface area contributed by atoms with Gasteiger partial charge in [0.15, 0.2) is 0 Å². The highest BCUT2D eigenvalue weighted by Crippen LogP contribution is 2.31. The van der Waals surface area contributed by atoms with Crippen LogP contribution in [-0.2, 0) is 14.3 Å². The van der Waals surface area contributed by atoms with Crippen LogP contribution in [-0.4, -0.2) is 48.9 Å². The molecule has 0 radical (unpaired) electrons. The Bertz CT molecular complexity index is 1460. The van der Waals surface area contributed by atoms with E-state index in [0.717, 1.165) is 22.2 Å². The third-order valence-electron chi connectivity index (χ3n) is 5.27. The van der Waals surface area contributed by atoms with E-state index in [1.165, 1.54) is 0 Å². The SMILES string of the molecule is CCOCCOCCOc1ccc(-c2nc3ccc(C#N)cc3[nH]2)cc1NC(=O)C#Cc1ccccc1. The predicted molar refractivity (Wildman–Crippen MR) is 141 cm³/mol. The van der Waals surface area contributed by atoms with Gasteiger partial charge in [0.2, 0.25) is 0 Å². The van der Waals surface area contributed by atoms with E-state index >= 15 is 0 Å². The molecule has 0 fully saturated rings. The number of carbonyl (C=O) groups excluding carboxylic acids is 1. The molecule has 2 N–H and O–H groups in total. The van der Waals surface area contributed by atoms with E-state index in [9.17, 15) is 4.79 Å². The van der Waals surface area contributed by atoms with Crippen LogP contribution in [0.5, 0.6) is 5.75 Å². The van der Waals surface area contributed by atoms with Crippen LogP contribution >= 0.6 is 0 Å². The van der Waals surface area contributed by atoms with Crippen LogP contribution in [0.15, 0.2) is 66.7 Å². The first kappa shape index (κ1) is 25.5. The molecule has 0 atom stereocenters. The molecule has 1 heterocycles. The third kappa shape index (κ3) is 7.18. The Kier molecular flexibility index (Phi) is 8.87. The zero-order chi connectivity index (χ0) is 25.9. The monoisotopic (exact) mass is 494 g/mol. The number of nitrogens with one attached hydrogen (secondary N) is 2.